The van der Waals surface area contributed by atoms with Gasteiger partial charge in [0.1, 0.15) is 11.6 Å². The molecule has 0 saturated heterocycles. The molecule has 0 bridgehead atoms. The van der Waals surface area contributed by atoms with E-state index in [0.717, 1.165) is 28.9 Å². The Morgan fingerprint density at radius 1 is 1.05 bits per heavy atom. The topological polar surface area (TPSA) is 37.8 Å². The molecule has 0 unspecified atom stereocenters. The lowest BCUT2D eigenvalue weighted by atomic mass is 10.0. The molecule has 3 nitrogen and oxygen atoms in total. The minimum atomic E-state index is -0.227. The lowest BCUT2D eigenvalue weighted by molar-refractivity contribution is 0.640. The highest BCUT2D eigenvalue weighted by Crippen LogP contribution is 2.29. The van der Waals surface area contributed by atoms with Crippen molar-refractivity contribution in [2.45, 2.75) is 13.3 Å². The Labute approximate surface area is 122 Å². The fourth-order valence-electron chi connectivity index (χ4n) is 2.38. The van der Waals surface area contributed by atoms with Crippen LogP contribution in [0.4, 0.5) is 10.2 Å². The van der Waals surface area contributed by atoms with Gasteiger partial charge in [0.05, 0.1) is 0 Å². The van der Waals surface area contributed by atoms with Crippen LogP contribution in [0.2, 0.25) is 0 Å². The first-order valence-corrected chi connectivity index (χ1v) is 6.96. The number of rotatable bonds is 3. The van der Waals surface area contributed by atoms with E-state index >= 15 is 0 Å². The molecular weight excluding hydrogens is 265 g/mol. The van der Waals surface area contributed by atoms with Gasteiger partial charge in [0.2, 0.25) is 0 Å². The molecule has 0 saturated carbocycles. The second kappa shape index (κ2) is 5.48. The Hall–Kier alpha value is -2.49. The standard InChI is InChI=1S/C17H16FN3/c1-3-11-10-16(19-2)21-17(20-11)14-8-9-15(18)13-7-5-4-6-12(13)14/h4-10H,3H2,1-2H3,(H,19,20,21). The first-order chi connectivity index (χ1) is 10.2. The van der Waals surface area contributed by atoms with E-state index in [1.54, 1.807) is 12.1 Å². The zero-order valence-electron chi connectivity index (χ0n) is 12.0. The molecule has 0 radical (unpaired) electrons. The Bertz CT molecular complexity index is 777. The monoisotopic (exact) mass is 281 g/mol. The summed E-state index contributed by atoms with van der Waals surface area (Å²) in [7, 11) is 1.83. The van der Waals surface area contributed by atoms with Gasteiger partial charge in [-0.15, -0.1) is 0 Å². The van der Waals surface area contributed by atoms with Crippen LogP contribution in [-0.4, -0.2) is 17.0 Å². The van der Waals surface area contributed by atoms with Crippen molar-refractivity contribution in [1.82, 2.24) is 9.97 Å². The van der Waals surface area contributed by atoms with Crippen molar-refractivity contribution in [2.24, 2.45) is 0 Å². The lowest BCUT2D eigenvalue weighted by Gasteiger charge is -2.09. The Kier molecular flexibility index (Phi) is 3.52. The van der Waals surface area contributed by atoms with Gasteiger partial charge >= 0.3 is 0 Å². The van der Waals surface area contributed by atoms with Gasteiger partial charge in [-0.3, -0.25) is 0 Å². The van der Waals surface area contributed by atoms with Crippen molar-refractivity contribution in [3.05, 3.63) is 54.0 Å². The lowest BCUT2D eigenvalue weighted by Crippen LogP contribution is -2.00. The van der Waals surface area contributed by atoms with E-state index in [4.69, 9.17) is 0 Å². The van der Waals surface area contributed by atoms with Crippen molar-refractivity contribution < 1.29 is 4.39 Å². The van der Waals surface area contributed by atoms with E-state index < -0.39 is 0 Å². The number of anilines is 1. The molecule has 0 atom stereocenters. The van der Waals surface area contributed by atoms with Crippen molar-refractivity contribution in [2.75, 3.05) is 12.4 Å². The van der Waals surface area contributed by atoms with Gasteiger partial charge in [0.25, 0.3) is 0 Å². The highest BCUT2D eigenvalue weighted by Gasteiger charge is 2.11. The summed E-state index contributed by atoms with van der Waals surface area (Å²) in [6, 6.07) is 12.5. The number of halogens is 1. The Morgan fingerprint density at radius 2 is 1.81 bits per heavy atom. The van der Waals surface area contributed by atoms with Crippen LogP contribution in [0.3, 0.4) is 0 Å². The molecule has 0 aliphatic heterocycles. The van der Waals surface area contributed by atoms with Gasteiger partial charge < -0.3 is 5.32 Å². The summed E-state index contributed by atoms with van der Waals surface area (Å²) in [6.45, 7) is 2.05. The van der Waals surface area contributed by atoms with Gasteiger partial charge in [-0.2, -0.15) is 0 Å². The summed E-state index contributed by atoms with van der Waals surface area (Å²) in [4.78, 5) is 9.08. The molecule has 0 fully saturated rings. The van der Waals surface area contributed by atoms with Crippen molar-refractivity contribution >= 4 is 16.6 Å². The zero-order chi connectivity index (χ0) is 14.8. The van der Waals surface area contributed by atoms with E-state index in [2.05, 4.69) is 15.3 Å². The number of nitrogens with zero attached hydrogens (tertiary/aromatic N) is 2. The normalized spacial score (nSPS) is 10.8. The molecule has 21 heavy (non-hydrogen) atoms. The second-order valence-corrected chi connectivity index (χ2v) is 4.81. The van der Waals surface area contributed by atoms with Crippen LogP contribution in [0.25, 0.3) is 22.2 Å². The molecule has 3 rings (SSSR count). The van der Waals surface area contributed by atoms with Crippen molar-refractivity contribution in [3.8, 4) is 11.4 Å². The number of nitrogens with one attached hydrogen (secondary N) is 1. The Balaban J connectivity index is 2.28. The third-order valence-electron chi connectivity index (χ3n) is 3.51. The molecule has 1 heterocycles. The highest BCUT2D eigenvalue weighted by molar-refractivity contribution is 5.95. The minimum Gasteiger partial charge on any atom is -0.373 e. The molecule has 2 aromatic carbocycles. The van der Waals surface area contributed by atoms with E-state index in [0.29, 0.717) is 11.2 Å². The fraction of sp³-hybridized carbons (Fsp3) is 0.176. The molecule has 0 spiro atoms. The van der Waals surface area contributed by atoms with Gasteiger partial charge in [0, 0.05) is 29.8 Å². The molecule has 0 aliphatic carbocycles. The molecule has 1 aromatic heterocycles. The first kappa shape index (κ1) is 13.5. The molecule has 106 valence electrons. The maximum absolute atomic E-state index is 13.9. The number of hydrogen-bond donors (Lipinski definition) is 1. The zero-order valence-corrected chi connectivity index (χ0v) is 12.0. The van der Waals surface area contributed by atoms with E-state index in [1.165, 1.54) is 6.07 Å². The average molecular weight is 281 g/mol. The van der Waals surface area contributed by atoms with E-state index in [9.17, 15) is 4.39 Å². The van der Waals surface area contributed by atoms with Crippen LogP contribution in [0, 0.1) is 5.82 Å². The number of fused-ring (bicyclic) bond motifs is 1. The van der Waals surface area contributed by atoms with Crippen molar-refractivity contribution in [1.29, 1.82) is 0 Å². The summed E-state index contributed by atoms with van der Waals surface area (Å²) in [5.41, 5.74) is 1.80. The summed E-state index contributed by atoms with van der Waals surface area (Å²) in [6.07, 6.45) is 0.823. The van der Waals surface area contributed by atoms with E-state index in [-0.39, 0.29) is 5.82 Å². The third-order valence-corrected chi connectivity index (χ3v) is 3.51. The van der Waals surface area contributed by atoms with E-state index in [1.807, 2.05) is 38.2 Å². The third kappa shape index (κ3) is 2.44. The number of aryl methyl sites for hydroxylation is 1. The van der Waals surface area contributed by atoms with Crippen LogP contribution in [-0.2, 0) is 6.42 Å². The van der Waals surface area contributed by atoms with Crippen LogP contribution in [0.1, 0.15) is 12.6 Å². The second-order valence-electron chi connectivity index (χ2n) is 4.81. The predicted octanol–water partition coefficient (Wildman–Crippen LogP) is 4.04. The quantitative estimate of drug-likeness (QED) is 0.787. The molecule has 0 aliphatic rings. The Morgan fingerprint density at radius 3 is 2.52 bits per heavy atom. The average Bonchev–Trinajstić information content (AvgIpc) is 2.55. The molecule has 4 heteroatoms. The molecule has 0 amide bonds. The van der Waals surface area contributed by atoms with Crippen LogP contribution in [0.5, 0.6) is 0 Å². The summed E-state index contributed by atoms with van der Waals surface area (Å²) in [5, 5.41) is 4.46. The fourth-order valence-corrected chi connectivity index (χ4v) is 2.38. The molecule has 1 N–H and O–H groups in total. The van der Waals surface area contributed by atoms with Gasteiger partial charge in [-0.1, -0.05) is 31.2 Å². The first-order valence-electron chi connectivity index (χ1n) is 6.96. The maximum Gasteiger partial charge on any atom is 0.162 e. The van der Waals surface area contributed by atoms with Crippen molar-refractivity contribution in [3.63, 3.8) is 0 Å². The molecule has 3 aromatic rings. The SMILES string of the molecule is CCc1cc(NC)nc(-c2ccc(F)c3ccccc23)n1. The minimum absolute atomic E-state index is 0.227. The van der Waals surface area contributed by atoms with Gasteiger partial charge in [-0.05, 0) is 23.9 Å². The van der Waals surface area contributed by atoms with Gasteiger partial charge in [0.15, 0.2) is 5.82 Å². The number of hydrogen-bond acceptors (Lipinski definition) is 3. The largest absolute Gasteiger partial charge is 0.373 e. The summed E-state index contributed by atoms with van der Waals surface area (Å²) < 4.78 is 13.9. The smallest absolute Gasteiger partial charge is 0.162 e. The highest BCUT2D eigenvalue weighted by atomic mass is 19.1. The number of aromatic nitrogens is 2. The molecular formula is C17H16FN3. The predicted molar refractivity (Wildman–Crippen MR) is 83.9 cm³/mol. The van der Waals surface area contributed by atoms with Crippen LogP contribution >= 0.6 is 0 Å². The summed E-state index contributed by atoms with van der Waals surface area (Å²) in [5.74, 6) is 1.16. The maximum atomic E-state index is 13.9. The number of benzene rings is 2. The van der Waals surface area contributed by atoms with Gasteiger partial charge in [-0.25, -0.2) is 14.4 Å². The summed E-state index contributed by atoms with van der Waals surface area (Å²) >= 11 is 0. The van der Waals surface area contributed by atoms with Crippen LogP contribution in [0.15, 0.2) is 42.5 Å². The van der Waals surface area contributed by atoms with Crippen LogP contribution < -0.4 is 5.32 Å².